The van der Waals surface area contributed by atoms with E-state index in [4.69, 9.17) is 23.2 Å². The van der Waals surface area contributed by atoms with Crippen LogP contribution >= 0.6 is 23.2 Å². The molecule has 0 aliphatic rings. The highest BCUT2D eigenvalue weighted by Gasteiger charge is 2.29. The van der Waals surface area contributed by atoms with E-state index in [1.165, 1.54) is 6.07 Å². The van der Waals surface area contributed by atoms with E-state index >= 15 is 0 Å². The predicted octanol–water partition coefficient (Wildman–Crippen LogP) is 11.7. The van der Waals surface area contributed by atoms with Gasteiger partial charge in [-0.25, -0.2) is 0 Å². The fourth-order valence-corrected chi connectivity index (χ4v) is 2.03. The Kier molecular flexibility index (Phi) is 28.6. The Morgan fingerprint density at radius 2 is 1.27 bits per heavy atom. The van der Waals surface area contributed by atoms with Crippen LogP contribution in [0.25, 0.3) is 0 Å². The third kappa shape index (κ3) is 23.0. The van der Waals surface area contributed by atoms with Crippen molar-refractivity contribution in [3.8, 4) is 0 Å². The number of benzene rings is 2. The van der Waals surface area contributed by atoms with Gasteiger partial charge in [0.2, 0.25) is 0 Å². The smallest absolute Gasteiger partial charge is 0.166 e. The maximum atomic E-state index is 12.0. The molecule has 0 radical (unpaired) electrons. The molecule has 2 rings (SSSR count). The van der Waals surface area contributed by atoms with Gasteiger partial charge in [0, 0.05) is 10.0 Å². The zero-order chi connectivity index (χ0) is 27.0. The third-order valence-corrected chi connectivity index (χ3v) is 3.88. The van der Waals surface area contributed by atoms with Crippen LogP contribution in [-0.2, 0) is 6.18 Å². The molecular weight excluding hydrogens is 464 g/mol. The summed E-state index contributed by atoms with van der Waals surface area (Å²) in [7, 11) is 0. The second-order valence-corrected chi connectivity index (χ2v) is 6.47. The second kappa shape index (κ2) is 24.7. The average molecular weight is 506 g/mol. The lowest BCUT2D eigenvalue weighted by atomic mass is 10.1. The van der Waals surface area contributed by atoms with Gasteiger partial charge in [0.25, 0.3) is 0 Å². The van der Waals surface area contributed by atoms with Crippen LogP contribution < -0.4 is 0 Å². The molecule has 0 N–H and O–H groups in total. The van der Waals surface area contributed by atoms with Crippen LogP contribution in [0.3, 0.4) is 0 Å². The second-order valence-electron chi connectivity index (χ2n) is 5.66. The molecule has 2 aromatic carbocycles. The highest BCUT2D eigenvalue weighted by molar-refractivity contribution is 6.35. The quantitative estimate of drug-likeness (QED) is 0.356. The summed E-state index contributed by atoms with van der Waals surface area (Å²) in [6, 6.07) is 10.7. The van der Waals surface area contributed by atoms with E-state index in [0.29, 0.717) is 5.56 Å². The number of hydrogen-bond acceptors (Lipinski definition) is 0. The molecule has 0 amide bonds. The van der Waals surface area contributed by atoms with Crippen molar-refractivity contribution in [2.24, 2.45) is 0 Å². The zero-order valence-corrected chi connectivity index (χ0v) is 23.1. The number of aryl methyl sites for hydroxylation is 1. The first kappa shape index (κ1) is 38.3. The zero-order valence-electron chi connectivity index (χ0n) is 21.6. The van der Waals surface area contributed by atoms with Crippen molar-refractivity contribution < 1.29 is 13.2 Å². The number of hydrogen-bond donors (Lipinski definition) is 0. The highest BCUT2D eigenvalue weighted by atomic mass is 35.5. The lowest BCUT2D eigenvalue weighted by Gasteiger charge is -2.05. The first-order chi connectivity index (χ1) is 15.5. The topological polar surface area (TPSA) is 0 Å². The molecule has 0 bridgehead atoms. The van der Waals surface area contributed by atoms with E-state index in [1.807, 2.05) is 85.7 Å². The van der Waals surface area contributed by atoms with Crippen molar-refractivity contribution in [2.75, 3.05) is 0 Å². The lowest BCUT2D eigenvalue weighted by Crippen LogP contribution is -2.04. The Hall–Kier alpha value is -1.97. The van der Waals surface area contributed by atoms with Crippen LogP contribution in [0, 0.1) is 13.8 Å². The average Bonchev–Trinajstić information content (AvgIpc) is 2.80. The van der Waals surface area contributed by atoms with Gasteiger partial charge < -0.3 is 0 Å². The van der Waals surface area contributed by atoms with Crippen molar-refractivity contribution in [2.45, 2.75) is 68.5 Å². The molecule has 0 spiro atoms. The van der Waals surface area contributed by atoms with E-state index in [2.05, 4.69) is 13.2 Å². The summed E-state index contributed by atoms with van der Waals surface area (Å²) >= 11 is 11.5. The minimum absolute atomic E-state index is 0.586. The summed E-state index contributed by atoms with van der Waals surface area (Å²) in [5, 5.41) is 1.45. The lowest BCUT2D eigenvalue weighted by molar-refractivity contribution is -0.137. The van der Waals surface area contributed by atoms with Crippen LogP contribution in [-0.4, -0.2) is 0 Å². The molecule has 2 aromatic rings. The summed E-state index contributed by atoms with van der Waals surface area (Å²) < 4.78 is 35.9. The monoisotopic (exact) mass is 504 g/mol. The maximum absolute atomic E-state index is 12.0. The van der Waals surface area contributed by atoms with Crippen LogP contribution in [0.4, 0.5) is 13.2 Å². The largest absolute Gasteiger partial charge is 0.416 e. The van der Waals surface area contributed by atoms with Gasteiger partial charge in [-0.1, -0.05) is 132 Å². The van der Waals surface area contributed by atoms with Gasteiger partial charge >= 0.3 is 6.18 Å². The van der Waals surface area contributed by atoms with Crippen molar-refractivity contribution in [1.82, 2.24) is 0 Å². The normalized spacial score (nSPS) is 9.03. The summed E-state index contributed by atoms with van der Waals surface area (Å²) in [4.78, 5) is 0. The third-order valence-electron chi connectivity index (χ3n) is 3.06. The van der Waals surface area contributed by atoms with Crippen molar-refractivity contribution >= 4 is 23.2 Å². The molecule has 0 aliphatic heterocycles. The molecule has 0 saturated heterocycles. The Labute approximate surface area is 210 Å². The SMILES string of the molecule is C=C/C=C\C(=C)C.CC.CC.CC.Cc1c(Cl)cccc1Cl.Cc1cccc(C(F)(F)F)c1. The van der Waals surface area contributed by atoms with Crippen LogP contribution in [0.5, 0.6) is 0 Å². The molecule has 0 atom stereocenters. The van der Waals surface area contributed by atoms with E-state index in [9.17, 15) is 13.2 Å². The molecule has 0 unspecified atom stereocenters. The van der Waals surface area contributed by atoms with Gasteiger partial charge in [0.1, 0.15) is 0 Å². The molecule has 5 heteroatoms. The van der Waals surface area contributed by atoms with Crippen LogP contribution in [0.15, 0.2) is 79.4 Å². The molecular formula is C28H41Cl2F3. The number of halogens is 5. The minimum Gasteiger partial charge on any atom is -0.166 e. The Morgan fingerprint density at radius 1 is 0.848 bits per heavy atom. The molecule has 0 aromatic heterocycles. The minimum atomic E-state index is -4.22. The summed E-state index contributed by atoms with van der Waals surface area (Å²) in [5.74, 6) is 0. The Balaban J connectivity index is -0.000000174. The number of rotatable bonds is 2. The molecule has 0 aliphatic carbocycles. The number of allylic oxidation sites excluding steroid dienone is 4. The fraction of sp³-hybridized carbons (Fsp3) is 0.357. The molecule has 0 nitrogen and oxygen atoms in total. The maximum Gasteiger partial charge on any atom is 0.416 e. The summed E-state index contributed by atoms with van der Waals surface area (Å²) in [6.45, 7) is 24.6. The molecule has 0 heterocycles. The van der Waals surface area contributed by atoms with Gasteiger partial charge in [-0.3, -0.25) is 0 Å². The van der Waals surface area contributed by atoms with Gasteiger partial charge in [-0.15, -0.1) is 0 Å². The van der Waals surface area contributed by atoms with Crippen molar-refractivity contribution in [3.05, 3.63) is 106 Å². The number of alkyl halides is 3. The Morgan fingerprint density at radius 3 is 1.52 bits per heavy atom. The molecule has 0 saturated carbocycles. The molecule has 188 valence electrons. The summed E-state index contributed by atoms with van der Waals surface area (Å²) in [5.41, 5.74) is 2.04. The van der Waals surface area contributed by atoms with E-state index in [1.54, 1.807) is 19.1 Å². The van der Waals surface area contributed by atoms with Crippen molar-refractivity contribution in [1.29, 1.82) is 0 Å². The Bertz CT molecular complexity index is 757. The van der Waals surface area contributed by atoms with Crippen molar-refractivity contribution in [3.63, 3.8) is 0 Å². The van der Waals surface area contributed by atoms with Gasteiger partial charge in [0.15, 0.2) is 0 Å². The van der Waals surface area contributed by atoms with Gasteiger partial charge in [-0.05, 0) is 44.5 Å². The standard InChI is InChI=1S/C8H7F3.C7H6Cl2.C7H10.3C2H6/c1-6-3-2-4-7(5-6)8(9,10)11;1-5-6(8)3-2-4-7(5)9;1-4-5-6-7(2)3;3*1-2/h2-5H,1H3;2-4H,1H3;4-6H,1-2H2,3H3;3*1-2H3/b;;6-5-;;;. The molecule has 0 fully saturated rings. The van der Waals surface area contributed by atoms with Crippen LogP contribution in [0.1, 0.15) is 65.2 Å². The summed E-state index contributed by atoms with van der Waals surface area (Å²) in [6.07, 6.45) is 1.29. The van der Waals surface area contributed by atoms with E-state index < -0.39 is 11.7 Å². The van der Waals surface area contributed by atoms with Crippen LogP contribution in [0.2, 0.25) is 10.0 Å². The highest BCUT2D eigenvalue weighted by Crippen LogP contribution is 2.29. The van der Waals surface area contributed by atoms with E-state index in [-0.39, 0.29) is 0 Å². The van der Waals surface area contributed by atoms with Gasteiger partial charge in [0.05, 0.1) is 5.56 Å². The fourth-order valence-electron chi connectivity index (χ4n) is 1.63. The first-order valence-electron chi connectivity index (χ1n) is 11.0. The predicted molar refractivity (Wildman–Crippen MR) is 146 cm³/mol. The molecule has 33 heavy (non-hydrogen) atoms. The van der Waals surface area contributed by atoms with Gasteiger partial charge in [-0.2, -0.15) is 13.2 Å². The first-order valence-corrected chi connectivity index (χ1v) is 11.7. The van der Waals surface area contributed by atoms with E-state index in [0.717, 1.165) is 33.3 Å².